The first-order valence-electron chi connectivity index (χ1n) is 25.4. The molecule has 1 aromatic heterocycles. The number of hydrogen-bond donors (Lipinski definition) is 0. The molecule has 0 aliphatic carbocycles. The van der Waals surface area contributed by atoms with E-state index in [1.165, 1.54) is 114 Å². The largest absolute Gasteiger partial charge is 0.310 e. The van der Waals surface area contributed by atoms with Crippen LogP contribution in [0.2, 0.25) is 0 Å². The Morgan fingerprint density at radius 1 is 0.230 bits per heavy atom. The molecule has 0 unspecified atom stereocenters. The van der Waals surface area contributed by atoms with E-state index in [1.807, 2.05) is 11.3 Å². The molecule has 0 spiro atoms. The standard InChI is InChI=1S/C72H47NS/c1-3-16-53(17-4-1)70-66-25-10-9-23-63(66)64-44-39-58(47-68(64)71(70)54-18-5-2-6-19-54)56-21-13-22-61(46-56)73(60-42-37-52(38-43-60)62-26-14-27-67-65-24-11-12-28-69(65)74-72(62)67)59-40-35-50(36-41-59)49-29-31-51(32-30-49)57-34-33-48-15-7-8-20-55(48)45-57/h1-47H. The van der Waals surface area contributed by atoms with E-state index in [2.05, 4.69) is 290 Å². The molecule has 0 aliphatic heterocycles. The van der Waals surface area contributed by atoms with Gasteiger partial charge in [-0.3, -0.25) is 0 Å². The highest BCUT2D eigenvalue weighted by atomic mass is 32.1. The smallest absolute Gasteiger partial charge is 0.0467 e. The van der Waals surface area contributed by atoms with E-state index in [1.54, 1.807) is 0 Å². The molecular formula is C72H47NS. The van der Waals surface area contributed by atoms with Gasteiger partial charge in [0.05, 0.1) is 0 Å². The van der Waals surface area contributed by atoms with Crippen molar-refractivity contribution in [1.29, 1.82) is 0 Å². The van der Waals surface area contributed by atoms with Crippen molar-refractivity contribution in [3.63, 3.8) is 0 Å². The van der Waals surface area contributed by atoms with Crippen molar-refractivity contribution >= 4 is 80.9 Å². The number of nitrogens with zero attached hydrogens (tertiary/aromatic N) is 1. The Labute approximate surface area is 435 Å². The van der Waals surface area contributed by atoms with Crippen molar-refractivity contribution in [2.45, 2.75) is 0 Å². The topological polar surface area (TPSA) is 3.24 Å². The van der Waals surface area contributed by atoms with Gasteiger partial charge in [0.2, 0.25) is 0 Å². The fourth-order valence-electron chi connectivity index (χ4n) is 11.2. The van der Waals surface area contributed by atoms with Gasteiger partial charge in [-0.1, -0.05) is 231 Å². The van der Waals surface area contributed by atoms with Gasteiger partial charge in [0.25, 0.3) is 0 Å². The molecule has 74 heavy (non-hydrogen) atoms. The summed E-state index contributed by atoms with van der Waals surface area (Å²) in [5.74, 6) is 0. The van der Waals surface area contributed by atoms with Gasteiger partial charge >= 0.3 is 0 Å². The SMILES string of the molecule is c1ccc(-c2c(-c3ccccc3)c3cc(-c4cccc(N(c5ccc(-c6ccc(-c7ccc8ccccc8c7)cc6)cc5)c5ccc(-c6cccc7c6sc6ccccc67)cc5)c4)ccc3c3ccccc23)cc1. The lowest BCUT2D eigenvalue weighted by molar-refractivity contribution is 1.28. The van der Waals surface area contributed by atoms with Crippen molar-refractivity contribution in [2.24, 2.45) is 0 Å². The van der Waals surface area contributed by atoms with Crippen LogP contribution in [-0.2, 0) is 0 Å². The van der Waals surface area contributed by atoms with Crippen LogP contribution in [0.4, 0.5) is 17.1 Å². The Morgan fingerprint density at radius 2 is 0.703 bits per heavy atom. The average molecular weight is 958 g/mol. The summed E-state index contributed by atoms with van der Waals surface area (Å²) in [4.78, 5) is 2.40. The zero-order chi connectivity index (χ0) is 49.0. The highest BCUT2D eigenvalue weighted by Crippen LogP contribution is 2.47. The molecule has 0 radical (unpaired) electrons. The summed E-state index contributed by atoms with van der Waals surface area (Å²) in [6.45, 7) is 0. The van der Waals surface area contributed by atoms with Crippen molar-refractivity contribution in [3.8, 4) is 66.8 Å². The molecule has 14 aromatic rings. The molecule has 346 valence electrons. The molecule has 0 fully saturated rings. The Kier molecular flexibility index (Phi) is 10.8. The highest BCUT2D eigenvalue weighted by molar-refractivity contribution is 7.26. The monoisotopic (exact) mass is 957 g/mol. The van der Waals surface area contributed by atoms with Gasteiger partial charge in [-0.2, -0.15) is 0 Å². The lowest BCUT2D eigenvalue weighted by atomic mass is 9.84. The summed E-state index contributed by atoms with van der Waals surface area (Å²) in [6, 6.07) is 105. The van der Waals surface area contributed by atoms with Crippen molar-refractivity contribution < 1.29 is 0 Å². The molecule has 2 heteroatoms. The summed E-state index contributed by atoms with van der Waals surface area (Å²) in [7, 11) is 0. The number of benzene rings is 13. The molecule has 0 aliphatic rings. The summed E-state index contributed by atoms with van der Waals surface area (Å²) >= 11 is 1.88. The Hall–Kier alpha value is -9.34. The lowest BCUT2D eigenvalue weighted by Crippen LogP contribution is -2.10. The van der Waals surface area contributed by atoms with Crippen molar-refractivity contribution in [2.75, 3.05) is 4.90 Å². The van der Waals surface area contributed by atoms with Crippen LogP contribution in [0.1, 0.15) is 0 Å². The second-order valence-electron chi connectivity index (χ2n) is 19.2. The molecule has 1 heterocycles. The second kappa shape index (κ2) is 18.4. The summed E-state index contributed by atoms with van der Waals surface area (Å²) < 4.78 is 2.64. The Morgan fingerprint density at radius 3 is 1.42 bits per heavy atom. The van der Waals surface area contributed by atoms with E-state index in [-0.39, 0.29) is 0 Å². The van der Waals surface area contributed by atoms with Gasteiger partial charge in [0, 0.05) is 37.2 Å². The average Bonchev–Trinajstić information content (AvgIpc) is 3.87. The maximum Gasteiger partial charge on any atom is 0.0467 e. The summed E-state index contributed by atoms with van der Waals surface area (Å²) in [5, 5.41) is 10.1. The minimum atomic E-state index is 1.08. The van der Waals surface area contributed by atoms with Gasteiger partial charge in [-0.25, -0.2) is 0 Å². The fraction of sp³-hybridized carbons (Fsp3) is 0. The van der Waals surface area contributed by atoms with Crippen LogP contribution >= 0.6 is 11.3 Å². The first kappa shape index (κ1) is 43.4. The van der Waals surface area contributed by atoms with E-state index in [9.17, 15) is 0 Å². The van der Waals surface area contributed by atoms with Gasteiger partial charge in [0.15, 0.2) is 0 Å². The molecule has 0 saturated heterocycles. The molecule has 0 bridgehead atoms. The first-order chi connectivity index (χ1) is 36.7. The van der Waals surface area contributed by atoms with Crippen molar-refractivity contribution in [1.82, 2.24) is 0 Å². The maximum atomic E-state index is 2.42. The molecule has 13 aromatic carbocycles. The van der Waals surface area contributed by atoms with Crippen LogP contribution in [0.5, 0.6) is 0 Å². The van der Waals surface area contributed by atoms with Crippen LogP contribution < -0.4 is 4.90 Å². The number of hydrogen-bond acceptors (Lipinski definition) is 2. The minimum Gasteiger partial charge on any atom is -0.310 e. The molecular weight excluding hydrogens is 911 g/mol. The normalized spacial score (nSPS) is 11.5. The third-order valence-electron chi connectivity index (χ3n) is 14.9. The molecule has 1 nitrogen and oxygen atoms in total. The predicted molar refractivity (Wildman–Crippen MR) is 319 cm³/mol. The van der Waals surface area contributed by atoms with Gasteiger partial charge < -0.3 is 4.90 Å². The third-order valence-corrected chi connectivity index (χ3v) is 16.1. The quantitative estimate of drug-likeness (QED) is 0.130. The fourth-order valence-corrected chi connectivity index (χ4v) is 12.5. The van der Waals surface area contributed by atoms with E-state index in [0.717, 1.165) is 22.6 Å². The predicted octanol–water partition coefficient (Wildman–Crippen LogP) is 21.0. The van der Waals surface area contributed by atoms with Gasteiger partial charge in [-0.05, 0) is 154 Å². The van der Waals surface area contributed by atoms with E-state index < -0.39 is 0 Å². The molecule has 0 saturated carbocycles. The molecule has 0 N–H and O–H groups in total. The van der Waals surface area contributed by atoms with Crippen LogP contribution in [0.25, 0.3) is 119 Å². The number of anilines is 3. The Balaban J connectivity index is 0.880. The number of thiophene rings is 1. The van der Waals surface area contributed by atoms with E-state index in [0.29, 0.717) is 0 Å². The van der Waals surface area contributed by atoms with E-state index >= 15 is 0 Å². The first-order valence-corrected chi connectivity index (χ1v) is 26.2. The third kappa shape index (κ3) is 7.72. The minimum absolute atomic E-state index is 1.08. The van der Waals surface area contributed by atoms with Gasteiger partial charge in [-0.15, -0.1) is 11.3 Å². The number of rotatable bonds is 9. The maximum absolute atomic E-state index is 2.42. The second-order valence-corrected chi connectivity index (χ2v) is 20.2. The zero-order valence-corrected chi connectivity index (χ0v) is 41.3. The van der Waals surface area contributed by atoms with Crippen LogP contribution in [0, 0.1) is 0 Å². The molecule has 0 amide bonds. The molecule has 0 atom stereocenters. The summed E-state index contributed by atoms with van der Waals surface area (Å²) in [5.41, 5.74) is 17.8. The van der Waals surface area contributed by atoms with Gasteiger partial charge in [0.1, 0.15) is 0 Å². The Bertz CT molecular complexity index is 4380. The van der Waals surface area contributed by atoms with E-state index in [4.69, 9.17) is 0 Å². The number of fused-ring (bicyclic) bond motifs is 7. The van der Waals surface area contributed by atoms with Crippen LogP contribution in [0.15, 0.2) is 285 Å². The molecule has 14 rings (SSSR count). The highest BCUT2D eigenvalue weighted by Gasteiger charge is 2.20. The van der Waals surface area contributed by atoms with Crippen LogP contribution in [0.3, 0.4) is 0 Å². The lowest BCUT2D eigenvalue weighted by Gasteiger charge is -2.26. The summed E-state index contributed by atoms with van der Waals surface area (Å²) in [6.07, 6.45) is 0. The van der Waals surface area contributed by atoms with Crippen LogP contribution in [-0.4, -0.2) is 0 Å². The van der Waals surface area contributed by atoms with Crippen molar-refractivity contribution in [3.05, 3.63) is 285 Å². The zero-order valence-electron chi connectivity index (χ0n) is 40.5.